The van der Waals surface area contributed by atoms with Crippen molar-refractivity contribution < 1.29 is 37.8 Å². The van der Waals surface area contributed by atoms with E-state index in [0.717, 1.165) is 104 Å². The van der Waals surface area contributed by atoms with Gasteiger partial charge in [0.05, 0.1) is 24.0 Å². The first-order chi connectivity index (χ1) is 28.5. The van der Waals surface area contributed by atoms with Crippen molar-refractivity contribution in [2.75, 3.05) is 13.2 Å². The number of unbranched alkanes of at least 4 members (excludes halogenated alkanes) is 8. The maximum Gasteiger partial charge on any atom is 0.324 e. The first-order valence-electron chi connectivity index (χ1n) is 22.8. The van der Waals surface area contributed by atoms with Crippen molar-refractivity contribution in [3.05, 3.63) is 68.8 Å². The van der Waals surface area contributed by atoms with E-state index in [9.17, 15) is 28.3 Å². The van der Waals surface area contributed by atoms with E-state index >= 15 is 0 Å². The van der Waals surface area contributed by atoms with Crippen molar-refractivity contribution in [3.8, 4) is 0 Å². The van der Waals surface area contributed by atoms with Crippen molar-refractivity contribution in [2.24, 2.45) is 10.8 Å². The topological polar surface area (TPSA) is 121 Å². The lowest BCUT2D eigenvalue weighted by Crippen LogP contribution is -2.52. The van der Waals surface area contributed by atoms with E-state index in [2.05, 4.69) is 13.8 Å². The van der Waals surface area contributed by atoms with Crippen LogP contribution in [0.2, 0.25) is 0 Å². The normalized spacial score (nSPS) is 17.6. The second-order valence-electron chi connectivity index (χ2n) is 18.2. The number of hydrogen-bond donors (Lipinski definition) is 0. The van der Waals surface area contributed by atoms with Crippen LogP contribution in [0.1, 0.15) is 197 Å². The SMILES string of the molecule is CCCCCCCCOC(=O)C(C)(P=O)C1(C(=O)c2c(C)cc(C)cc2C)CCCC1.CCCCCCOC(=O)C(C)(P=O)C1(C(=O)c2c(C)cc(C)cc2C)CCCC1. The lowest BCUT2D eigenvalue weighted by atomic mass is 9.67. The molecule has 2 saturated carbocycles. The van der Waals surface area contributed by atoms with Crippen molar-refractivity contribution in [2.45, 2.75) is 195 Å². The quantitative estimate of drug-likeness (QED) is 0.0496. The Morgan fingerprint density at radius 2 is 0.800 bits per heavy atom. The van der Waals surface area contributed by atoms with Crippen molar-refractivity contribution >= 4 is 40.4 Å². The van der Waals surface area contributed by atoms with Gasteiger partial charge in [-0.05, 0) is 116 Å². The van der Waals surface area contributed by atoms with Gasteiger partial charge in [-0.2, -0.15) is 0 Å². The number of Topliss-reactive ketones (excluding diaryl/α,β-unsaturated/α-hetero) is 2. The molecule has 0 spiro atoms. The third kappa shape index (κ3) is 11.3. The molecule has 8 nitrogen and oxygen atoms in total. The molecule has 332 valence electrons. The Labute approximate surface area is 364 Å². The fourth-order valence-electron chi connectivity index (χ4n) is 10.0. The molecule has 60 heavy (non-hydrogen) atoms. The summed E-state index contributed by atoms with van der Waals surface area (Å²) in [6, 6.07) is 8.01. The fraction of sp³-hybridized carbons (Fsp3) is 0.680. The summed E-state index contributed by atoms with van der Waals surface area (Å²) in [4.78, 5) is 54.2. The van der Waals surface area contributed by atoms with E-state index in [4.69, 9.17) is 9.47 Å². The monoisotopic (exact) mass is 864 g/mol. The van der Waals surface area contributed by atoms with Gasteiger partial charge < -0.3 is 9.47 Å². The van der Waals surface area contributed by atoms with E-state index in [-0.39, 0.29) is 28.5 Å². The van der Waals surface area contributed by atoms with Crippen LogP contribution in [0.15, 0.2) is 24.3 Å². The zero-order valence-electron chi connectivity index (χ0n) is 38.6. The van der Waals surface area contributed by atoms with Crippen LogP contribution in [-0.2, 0) is 28.2 Å². The molecule has 0 amide bonds. The van der Waals surface area contributed by atoms with Crippen molar-refractivity contribution in [3.63, 3.8) is 0 Å². The van der Waals surface area contributed by atoms with Crippen LogP contribution in [0.3, 0.4) is 0 Å². The summed E-state index contributed by atoms with van der Waals surface area (Å²) in [7, 11) is -0.677. The molecule has 0 radical (unpaired) electrons. The Morgan fingerprint density at radius 3 is 1.10 bits per heavy atom. The zero-order chi connectivity index (χ0) is 44.7. The Morgan fingerprint density at radius 1 is 0.517 bits per heavy atom. The molecule has 2 aliphatic carbocycles. The van der Waals surface area contributed by atoms with Gasteiger partial charge in [0.1, 0.15) is 0 Å². The summed E-state index contributed by atoms with van der Waals surface area (Å²) in [5, 5.41) is -2.73. The number of ether oxygens (including phenoxy) is 2. The Bertz CT molecular complexity index is 1780. The van der Waals surface area contributed by atoms with Gasteiger partial charge in [0.25, 0.3) is 0 Å². The van der Waals surface area contributed by atoms with Crippen molar-refractivity contribution in [1.82, 2.24) is 0 Å². The summed E-state index contributed by atoms with van der Waals surface area (Å²) in [5.74, 6) is -1.13. The maximum absolute atomic E-state index is 14.0. The van der Waals surface area contributed by atoms with Crippen LogP contribution in [0.4, 0.5) is 0 Å². The molecule has 2 aliphatic rings. The lowest BCUT2D eigenvalue weighted by Gasteiger charge is -2.39. The third-order valence-electron chi connectivity index (χ3n) is 13.6. The van der Waals surface area contributed by atoms with Gasteiger partial charge >= 0.3 is 11.9 Å². The van der Waals surface area contributed by atoms with E-state index in [1.807, 2.05) is 65.8 Å². The third-order valence-corrected chi connectivity index (χ3v) is 15.5. The van der Waals surface area contributed by atoms with Crippen LogP contribution in [0.5, 0.6) is 0 Å². The summed E-state index contributed by atoms with van der Waals surface area (Å²) in [6.45, 7) is 20.1. The standard InChI is InChI=1S/C26H39O4P.C24H35O4P/c1-6-7-8-9-10-13-16-30-24(28)25(5,31-29)26(14-11-12-15-26)23(27)22-20(3)17-19(2)18-21(22)4;1-6-7-8-11-14-28-22(26)23(5,29-27)24(12-9-10-13-24)21(25)20-18(3)15-17(2)16-19(20)4/h17-18H,6-16H2,1-5H3;15-16H,6-14H2,1-5H3. The number of esters is 2. The van der Waals surface area contributed by atoms with Crippen LogP contribution in [0, 0.1) is 52.4 Å². The summed E-state index contributed by atoms with van der Waals surface area (Å²) >= 11 is 0. The largest absolute Gasteiger partial charge is 0.465 e. The first-order valence-corrected chi connectivity index (χ1v) is 24.4. The zero-order valence-corrected chi connectivity index (χ0v) is 40.4. The van der Waals surface area contributed by atoms with Gasteiger partial charge in [-0.25, -0.2) is 0 Å². The number of hydrogen-bond acceptors (Lipinski definition) is 8. The second kappa shape index (κ2) is 23.4. The lowest BCUT2D eigenvalue weighted by molar-refractivity contribution is -0.150. The number of ketones is 2. The van der Waals surface area contributed by atoms with Crippen LogP contribution in [0.25, 0.3) is 0 Å². The Hall–Kier alpha value is -3.08. The van der Waals surface area contributed by atoms with Crippen molar-refractivity contribution in [1.29, 1.82) is 0 Å². The number of aryl methyl sites for hydroxylation is 6. The molecule has 0 aliphatic heterocycles. The Balaban J connectivity index is 0.000000321. The smallest absolute Gasteiger partial charge is 0.324 e. The molecule has 0 N–H and O–H groups in total. The molecule has 10 heteroatoms. The van der Waals surface area contributed by atoms with Gasteiger partial charge in [-0.15, -0.1) is 0 Å². The highest BCUT2D eigenvalue weighted by Crippen LogP contribution is 2.56. The summed E-state index contributed by atoms with van der Waals surface area (Å²) in [5.41, 5.74) is 5.24. The minimum atomic E-state index is -1.37. The second-order valence-corrected chi connectivity index (χ2v) is 20.4. The highest BCUT2D eigenvalue weighted by atomic mass is 31.1. The molecule has 2 aromatic carbocycles. The molecule has 2 aromatic rings. The molecule has 4 rings (SSSR count). The molecular weight excluding hydrogens is 790 g/mol. The highest BCUT2D eigenvalue weighted by Gasteiger charge is 2.62. The minimum Gasteiger partial charge on any atom is -0.465 e. The Kier molecular flexibility index (Phi) is 20.0. The number of rotatable bonds is 22. The predicted molar refractivity (Wildman–Crippen MR) is 243 cm³/mol. The van der Waals surface area contributed by atoms with E-state index < -0.39 is 33.1 Å². The number of benzene rings is 2. The van der Waals surface area contributed by atoms with Gasteiger partial charge in [0.2, 0.25) is 0 Å². The number of carbonyl (C=O) groups excluding carboxylic acids is 4. The number of carbonyl (C=O) groups is 4. The predicted octanol–water partition coefficient (Wildman–Crippen LogP) is 13.8. The molecule has 0 heterocycles. The van der Waals surface area contributed by atoms with E-state index in [0.29, 0.717) is 50.0 Å². The van der Waals surface area contributed by atoms with E-state index in [1.165, 1.54) is 19.3 Å². The molecule has 2 unspecified atom stereocenters. The average molecular weight is 865 g/mol. The van der Waals surface area contributed by atoms with Crippen LogP contribution in [-0.4, -0.2) is 47.0 Å². The molecule has 0 saturated heterocycles. The van der Waals surface area contributed by atoms with Crippen LogP contribution >= 0.6 is 16.9 Å². The first kappa shape index (κ1) is 51.3. The molecule has 0 aromatic heterocycles. The molecule has 2 fully saturated rings. The summed E-state index contributed by atoms with van der Waals surface area (Å²) in [6.07, 6.45) is 16.3. The maximum atomic E-state index is 14.0. The van der Waals surface area contributed by atoms with Gasteiger partial charge in [-0.1, -0.05) is 126 Å². The summed E-state index contributed by atoms with van der Waals surface area (Å²) < 4.78 is 36.0. The van der Waals surface area contributed by atoms with E-state index in [1.54, 1.807) is 13.8 Å². The van der Waals surface area contributed by atoms with Gasteiger partial charge in [-0.3, -0.25) is 28.3 Å². The average Bonchev–Trinajstić information content (AvgIpc) is 3.92. The molecule has 2 atom stereocenters. The fourth-order valence-corrected chi connectivity index (χ4v) is 11.3. The van der Waals surface area contributed by atoms with Gasteiger partial charge in [0, 0.05) is 11.1 Å². The molecule has 0 bridgehead atoms. The van der Waals surface area contributed by atoms with Crippen LogP contribution < -0.4 is 0 Å². The van der Waals surface area contributed by atoms with Gasteiger partial charge in [0.15, 0.2) is 38.8 Å². The highest BCUT2D eigenvalue weighted by molar-refractivity contribution is 7.28. The molecular formula is C50H74O8P2. The minimum absolute atomic E-state index is 0.0534.